The molecular formula is C13H13F2NOS. The second kappa shape index (κ2) is 5.93. The smallest absolute Gasteiger partial charge is 0.387 e. The molecule has 0 radical (unpaired) electrons. The van der Waals surface area contributed by atoms with Gasteiger partial charge in [0.2, 0.25) is 0 Å². The normalized spacial score (nSPS) is 12.7. The van der Waals surface area contributed by atoms with Gasteiger partial charge in [0.15, 0.2) is 0 Å². The molecule has 0 aliphatic carbocycles. The Bertz CT molecular complexity index is 470. The van der Waals surface area contributed by atoms with Crippen LogP contribution in [0.15, 0.2) is 41.1 Å². The van der Waals surface area contributed by atoms with Crippen LogP contribution in [0.2, 0.25) is 0 Å². The van der Waals surface area contributed by atoms with Crippen LogP contribution in [-0.2, 0) is 0 Å². The van der Waals surface area contributed by atoms with Crippen molar-refractivity contribution >= 4 is 11.3 Å². The number of nitrogens with one attached hydrogen (secondary N) is 1. The molecule has 1 atom stereocenters. The SMILES string of the molecule is CNC(c1ccc(OC(F)F)cc1)c1ccsc1. The van der Waals surface area contributed by atoms with Crippen LogP contribution in [0.25, 0.3) is 0 Å². The third-order valence-corrected chi connectivity index (χ3v) is 3.31. The summed E-state index contributed by atoms with van der Waals surface area (Å²) in [5.74, 6) is 0.175. The summed E-state index contributed by atoms with van der Waals surface area (Å²) >= 11 is 1.63. The molecule has 0 saturated carbocycles. The van der Waals surface area contributed by atoms with Crippen LogP contribution in [0.5, 0.6) is 5.75 Å². The lowest BCUT2D eigenvalue weighted by atomic mass is 10.0. The Balaban J connectivity index is 2.17. The number of hydrogen-bond donors (Lipinski definition) is 1. The molecule has 1 N–H and O–H groups in total. The van der Waals surface area contributed by atoms with Gasteiger partial charge in [-0.2, -0.15) is 20.1 Å². The zero-order chi connectivity index (χ0) is 13.0. The molecule has 0 fully saturated rings. The fraction of sp³-hybridized carbons (Fsp3) is 0.231. The lowest BCUT2D eigenvalue weighted by Crippen LogP contribution is -2.16. The van der Waals surface area contributed by atoms with Crippen molar-refractivity contribution in [1.29, 1.82) is 0 Å². The van der Waals surface area contributed by atoms with Crippen LogP contribution in [0.4, 0.5) is 8.78 Å². The number of hydrogen-bond acceptors (Lipinski definition) is 3. The first-order valence-corrected chi connectivity index (χ1v) is 6.39. The Hall–Kier alpha value is -1.46. The van der Waals surface area contributed by atoms with Crippen LogP contribution in [0.3, 0.4) is 0 Å². The highest BCUT2D eigenvalue weighted by atomic mass is 32.1. The highest BCUT2D eigenvalue weighted by Gasteiger charge is 2.12. The second-order valence-corrected chi connectivity index (χ2v) is 4.51. The second-order valence-electron chi connectivity index (χ2n) is 3.73. The molecule has 0 aliphatic rings. The Kier molecular flexibility index (Phi) is 4.28. The molecule has 0 amide bonds. The number of ether oxygens (including phenoxy) is 1. The molecule has 1 heterocycles. The van der Waals surface area contributed by atoms with Crippen molar-refractivity contribution in [3.8, 4) is 5.75 Å². The largest absolute Gasteiger partial charge is 0.435 e. The van der Waals surface area contributed by atoms with Gasteiger partial charge < -0.3 is 10.1 Å². The summed E-state index contributed by atoms with van der Waals surface area (Å²) < 4.78 is 28.4. The van der Waals surface area contributed by atoms with Crippen LogP contribution < -0.4 is 10.1 Å². The predicted molar refractivity (Wildman–Crippen MR) is 68.3 cm³/mol. The Morgan fingerprint density at radius 2 is 1.83 bits per heavy atom. The number of thiophene rings is 1. The molecule has 2 rings (SSSR count). The van der Waals surface area contributed by atoms with Crippen LogP contribution in [0, 0.1) is 0 Å². The van der Waals surface area contributed by atoms with Gasteiger partial charge in [-0.25, -0.2) is 0 Å². The van der Waals surface area contributed by atoms with Crippen molar-refractivity contribution in [2.75, 3.05) is 7.05 Å². The van der Waals surface area contributed by atoms with Crippen molar-refractivity contribution in [3.05, 3.63) is 52.2 Å². The van der Waals surface area contributed by atoms with E-state index in [1.807, 2.05) is 18.5 Å². The number of halogens is 2. The van der Waals surface area contributed by atoms with Crippen molar-refractivity contribution in [2.24, 2.45) is 0 Å². The number of alkyl halides is 2. The Morgan fingerprint density at radius 3 is 2.33 bits per heavy atom. The summed E-state index contributed by atoms with van der Waals surface area (Å²) in [7, 11) is 1.87. The van der Waals surface area contributed by atoms with E-state index in [0.29, 0.717) is 0 Å². The molecular weight excluding hydrogens is 256 g/mol. The van der Waals surface area contributed by atoms with Crippen molar-refractivity contribution < 1.29 is 13.5 Å². The van der Waals surface area contributed by atoms with Gasteiger partial charge in [0.05, 0.1) is 6.04 Å². The van der Waals surface area contributed by atoms with E-state index >= 15 is 0 Å². The highest BCUT2D eigenvalue weighted by Crippen LogP contribution is 2.25. The van der Waals surface area contributed by atoms with E-state index in [1.54, 1.807) is 35.6 Å². The average molecular weight is 269 g/mol. The molecule has 18 heavy (non-hydrogen) atoms. The Labute approximate surface area is 108 Å². The summed E-state index contributed by atoms with van der Waals surface area (Å²) in [6.07, 6.45) is 0. The van der Waals surface area contributed by atoms with Crippen LogP contribution in [-0.4, -0.2) is 13.7 Å². The molecule has 1 aromatic heterocycles. The summed E-state index contributed by atoms with van der Waals surface area (Å²) in [5.41, 5.74) is 2.17. The minimum atomic E-state index is -2.78. The summed E-state index contributed by atoms with van der Waals surface area (Å²) in [6.45, 7) is -2.78. The molecule has 0 saturated heterocycles. The van der Waals surface area contributed by atoms with Crippen molar-refractivity contribution in [1.82, 2.24) is 5.32 Å². The van der Waals surface area contributed by atoms with Crippen LogP contribution in [0.1, 0.15) is 17.2 Å². The number of benzene rings is 1. The molecule has 2 aromatic rings. The van der Waals surface area contributed by atoms with Gasteiger partial charge in [0.25, 0.3) is 0 Å². The molecule has 2 nitrogen and oxygen atoms in total. The van der Waals surface area contributed by atoms with Gasteiger partial charge >= 0.3 is 6.61 Å². The van der Waals surface area contributed by atoms with Crippen LogP contribution >= 0.6 is 11.3 Å². The fourth-order valence-electron chi connectivity index (χ4n) is 1.81. The first kappa shape index (κ1) is 13.0. The Morgan fingerprint density at radius 1 is 1.11 bits per heavy atom. The molecule has 96 valence electrons. The third-order valence-electron chi connectivity index (χ3n) is 2.60. The van der Waals surface area contributed by atoms with Gasteiger partial charge in [0, 0.05) is 0 Å². The van der Waals surface area contributed by atoms with E-state index in [-0.39, 0.29) is 11.8 Å². The van der Waals surface area contributed by atoms with Gasteiger partial charge in [-0.05, 0) is 47.1 Å². The molecule has 0 aliphatic heterocycles. The maximum absolute atomic E-state index is 12.0. The van der Waals surface area contributed by atoms with E-state index in [2.05, 4.69) is 15.4 Å². The molecule has 1 unspecified atom stereocenters. The van der Waals surface area contributed by atoms with Gasteiger partial charge in [0.1, 0.15) is 5.75 Å². The summed E-state index contributed by atoms with van der Waals surface area (Å²) in [4.78, 5) is 0. The van der Waals surface area contributed by atoms with E-state index in [0.717, 1.165) is 11.1 Å². The lowest BCUT2D eigenvalue weighted by Gasteiger charge is -2.16. The van der Waals surface area contributed by atoms with Gasteiger partial charge in [-0.1, -0.05) is 12.1 Å². The van der Waals surface area contributed by atoms with Crippen molar-refractivity contribution in [3.63, 3.8) is 0 Å². The topological polar surface area (TPSA) is 21.3 Å². The number of rotatable bonds is 5. The average Bonchev–Trinajstić information content (AvgIpc) is 2.85. The first-order valence-electron chi connectivity index (χ1n) is 5.45. The van der Waals surface area contributed by atoms with E-state index in [1.165, 1.54) is 0 Å². The van der Waals surface area contributed by atoms with E-state index < -0.39 is 6.61 Å². The summed E-state index contributed by atoms with van der Waals surface area (Å²) in [5, 5.41) is 7.27. The monoisotopic (exact) mass is 269 g/mol. The molecule has 1 aromatic carbocycles. The minimum absolute atomic E-state index is 0.0665. The summed E-state index contributed by atoms with van der Waals surface area (Å²) in [6, 6.07) is 8.79. The lowest BCUT2D eigenvalue weighted by molar-refractivity contribution is -0.0498. The van der Waals surface area contributed by atoms with E-state index in [9.17, 15) is 8.78 Å². The maximum Gasteiger partial charge on any atom is 0.387 e. The van der Waals surface area contributed by atoms with Crippen molar-refractivity contribution in [2.45, 2.75) is 12.7 Å². The highest BCUT2D eigenvalue weighted by molar-refractivity contribution is 7.08. The van der Waals surface area contributed by atoms with Gasteiger partial charge in [-0.15, -0.1) is 0 Å². The molecule has 5 heteroatoms. The zero-order valence-corrected chi connectivity index (χ0v) is 10.6. The maximum atomic E-state index is 12.0. The van der Waals surface area contributed by atoms with E-state index in [4.69, 9.17) is 0 Å². The third kappa shape index (κ3) is 3.05. The molecule has 0 spiro atoms. The minimum Gasteiger partial charge on any atom is -0.435 e. The molecule has 0 bridgehead atoms. The first-order chi connectivity index (χ1) is 8.70. The predicted octanol–water partition coefficient (Wildman–Crippen LogP) is 3.66. The fourth-order valence-corrected chi connectivity index (χ4v) is 2.49. The standard InChI is InChI=1S/C13H13F2NOS/c1-16-12(10-6-7-18-8-10)9-2-4-11(5-3-9)17-13(14)15/h2-8,12-13,16H,1H3. The zero-order valence-electron chi connectivity index (χ0n) is 9.77. The van der Waals surface area contributed by atoms with Gasteiger partial charge in [-0.3, -0.25) is 0 Å². The quantitative estimate of drug-likeness (QED) is 0.894.